The molecule has 3 saturated heterocycles. The first-order valence-corrected chi connectivity index (χ1v) is 12.4. The Bertz CT molecular complexity index is 1070. The number of aromatic nitrogens is 1. The molecule has 5 heteroatoms. The highest BCUT2D eigenvalue weighted by Crippen LogP contribution is 2.44. The molecule has 6 rings (SSSR count). The van der Waals surface area contributed by atoms with Crippen LogP contribution in [0.1, 0.15) is 72.1 Å². The summed E-state index contributed by atoms with van der Waals surface area (Å²) in [5.74, 6) is 0.960. The number of likely N-dealkylation sites (tertiary alicyclic amines) is 1. The molecular formula is C27H33N3O2. The van der Waals surface area contributed by atoms with Crippen molar-refractivity contribution in [3.63, 3.8) is 0 Å². The average Bonchev–Trinajstić information content (AvgIpc) is 3.64. The molecule has 168 valence electrons. The maximum absolute atomic E-state index is 13.6. The zero-order valence-electron chi connectivity index (χ0n) is 19.0. The molecule has 1 aromatic heterocycles. The van der Waals surface area contributed by atoms with Crippen molar-refractivity contribution in [1.29, 1.82) is 0 Å². The number of benzene rings is 1. The Morgan fingerprint density at radius 1 is 0.969 bits per heavy atom. The van der Waals surface area contributed by atoms with Crippen LogP contribution in [0, 0.1) is 18.8 Å². The first kappa shape index (κ1) is 20.2. The first-order chi connectivity index (χ1) is 15.6. The zero-order chi connectivity index (χ0) is 21.8. The van der Waals surface area contributed by atoms with E-state index in [1.807, 2.05) is 24.1 Å². The molecule has 1 saturated carbocycles. The predicted octanol–water partition coefficient (Wildman–Crippen LogP) is 4.18. The number of hydrogen-bond donors (Lipinski definition) is 0. The molecule has 4 fully saturated rings. The maximum atomic E-state index is 13.6. The van der Waals surface area contributed by atoms with Crippen LogP contribution in [-0.2, 0) is 0 Å². The number of carbonyl (C=O) groups is 1. The third kappa shape index (κ3) is 3.42. The summed E-state index contributed by atoms with van der Waals surface area (Å²) < 4.78 is 1.79. The Morgan fingerprint density at radius 2 is 1.78 bits per heavy atom. The van der Waals surface area contributed by atoms with Crippen molar-refractivity contribution in [3.05, 3.63) is 69.6 Å². The van der Waals surface area contributed by atoms with Crippen LogP contribution in [0.25, 0.3) is 0 Å². The summed E-state index contributed by atoms with van der Waals surface area (Å²) >= 11 is 0. The van der Waals surface area contributed by atoms with Gasteiger partial charge in [0.05, 0.1) is 0 Å². The van der Waals surface area contributed by atoms with Crippen LogP contribution in [0.15, 0.2) is 47.4 Å². The number of nitrogens with zero attached hydrogens (tertiary/aromatic N) is 3. The molecule has 5 nitrogen and oxygen atoms in total. The number of fused-ring (bicyclic) bond motifs is 4. The summed E-state index contributed by atoms with van der Waals surface area (Å²) in [6.07, 6.45) is 8.89. The second-order valence-corrected chi connectivity index (χ2v) is 10.5. The quantitative estimate of drug-likeness (QED) is 0.732. The number of piperidine rings is 3. The average molecular weight is 432 g/mol. The third-order valence-electron chi connectivity index (χ3n) is 8.34. The van der Waals surface area contributed by atoms with Gasteiger partial charge in [-0.05, 0) is 74.5 Å². The molecule has 3 aliphatic heterocycles. The van der Waals surface area contributed by atoms with E-state index in [1.165, 1.54) is 31.2 Å². The van der Waals surface area contributed by atoms with Crippen LogP contribution in [0.2, 0.25) is 0 Å². The Balaban J connectivity index is 1.25. The van der Waals surface area contributed by atoms with Crippen molar-refractivity contribution >= 4 is 5.91 Å². The van der Waals surface area contributed by atoms with Crippen molar-refractivity contribution in [1.82, 2.24) is 14.4 Å². The van der Waals surface area contributed by atoms with Crippen molar-refractivity contribution in [2.75, 3.05) is 19.6 Å². The van der Waals surface area contributed by atoms with Gasteiger partial charge >= 0.3 is 0 Å². The monoisotopic (exact) mass is 431 g/mol. The fourth-order valence-electron chi connectivity index (χ4n) is 6.71. The van der Waals surface area contributed by atoms with Gasteiger partial charge in [0.25, 0.3) is 11.5 Å². The van der Waals surface area contributed by atoms with Crippen LogP contribution >= 0.6 is 0 Å². The molecule has 1 aromatic carbocycles. The molecular weight excluding hydrogens is 398 g/mol. The third-order valence-corrected chi connectivity index (χ3v) is 8.34. The predicted molar refractivity (Wildman–Crippen MR) is 125 cm³/mol. The second kappa shape index (κ2) is 7.87. The van der Waals surface area contributed by atoms with Crippen molar-refractivity contribution in [2.24, 2.45) is 11.8 Å². The first-order valence-electron chi connectivity index (χ1n) is 12.4. The van der Waals surface area contributed by atoms with Gasteiger partial charge in [0, 0.05) is 44.0 Å². The highest BCUT2D eigenvalue weighted by Gasteiger charge is 2.46. The highest BCUT2D eigenvalue weighted by atomic mass is 16.2. The van der Waals surface area contributed by atoms with Crippen molar-refractivity contribution in [2.45, 2.75) is 63.6 Å². The summed E-state index contributed by atoms with van der Waals surface area (Å²) in [6, 6.07) is 14.2. The van der Waals surface area contributed by atoms with Gasteiger partial charge in [0.1, 0.15) is 5.56 Å². The molecule has 4 atom stereocenters. The largest absolute Gasteiger partial charge is 0.338 e. The fourth-order valence-corrected chi connectivity index (χ4v) is 6.71. The van der Waals surface area contributed by atoms with E-state index in [9.17, 15) is 9.59 Å². The summed E-state index contributed by atoms with van der Waals surface area (Å²) in [7, 11) is 0. The Morgan fingerprint density at radius 3 is 2.56 bits per heavy atom. The Labute approximate surface area is 190 Å². The van der Waals surface area contributed by atoms with Gasteiger partial charge < -0.3 is 9.47 Å². The van der Waals surface area contributed by atoms with Gasteiger partial charge in [0.2, 0.25) is 0 Å². The molecule has 2 bridgehead atoms. The SMILES string of the molecule is Cc1ccn(C2CC2)c(=O)c1C(=O)N1C[C@@H]2C[C@H](C1)[C@@H]1CCC[C@H](c3ccccc3)N1C2. The van der Waals surface area contributed by atoms with Crippen molar-refractivity contribution in [3.8, 4) is 0 Å². The van der Waals surface area contributed by atoms with E-state index in [-0.39, 0.29) is 11.5 Å². The molecule has 2 aromatic rings. The number of carbonyl (C=O) groups excluding carboxylic acids is 1. The summed E-state index contributed by atoms with van der Waals surface area (Å²) in [4.78, 5) is 31.5. The Hall–Kier alpha value is -2.40. The highest BCUT2D eigenvalue weighted by molar-refractivity contribution is 5.95. The van der Waals surface area contributed by atoms with Crippen molar-refractivity contribution < 1.29 is 4.79 Å². The molecule has 4 heterocycles. The van der Waals surface area contributed by atoms with E-state index < -0.39 is 0 Å². The maximum Gasteiger partial charge on any atom is 0.263 e. The lowest BCUT2D eigenvalue weighted by atomic mass is 9.73. The fraction of sp³-hybridized carbons (Fsp3) is 0.556. The van der Waals surface area contributed by atoms with Gasteiger partial charge in [-0.15, -0.1) is 0 Å². The van der Waals surface area contributed by atoms with Crippen LogP contribution in [0.3, 0.4) is 0 Å². The number of pyridine rings is 1. The van der Waals surface area contributed by atoms with E-state index in [0.717, 1.165) is 38.0 Å². The summed E-state index contributed by atoms with van der Waals surface area (Å²) in [5.41, 5.74) is 2.57. The summed E-state index contributed by atoms with van der Waals surface area (Å²) in [6.45, 7) is 4.53. The second-order valence-electron chi connectivity index (χ2n) is 10.5. The minimum Gasteiger partial charge on any atom is -0.338 e. The number of rotatable bonds is 3. The van der Waals surface area contributed by atoms with Crippen LogP contribution in [-0.4, -0.2) is 46.0 Å². The van der Waals surface area contributed by atoms with Crippen LogP contribution in [0.5, 0.6) is 0 Å². The van der Waals surface area contributed by atoms with Gasteiger partial charge in [-0.3, -0.25) is 14.5 Å². The van der Waals surface area contributed by atoms with Crippen LogP contribution < -0.4 is 5.56 Å². The van der Waals surface area contributed by atoms with Gasteiger partial charge in [0.15, 0.2) is 0 Å². The normalized spacial score (nSPS) is 30.1. The number of aryl methyl sites for hydroxylation is 1. The summed E-state index contributed by atoms with van der Waals surface area (Å²) in [5, 5.41) is 0. The minimum absolute atomic E-state index is 0.0407. The molecule has 0 N–H and O–H groups in total. The minimum atomic E-state index is -0.0864. The molecule has 1 amide bonds. The van der Waals surface area contributed by atoms with E-state index in [1.54, 1.807) is 4.57 Å². The van der Waals surface area contributed by atoms with Gasteiger partial charge in [-0.2, -0.15) is 0 Å². The number of hydrogen-bond acceptors (Lipinski definition) is 3. The Kier molecular flexibility index (Phi) is 4.98. The topological polar surface area (TPSA) is 45.6 Å². The lowest BCUT2D eigenvalue weighted by molar-refractivity contribution is -0.0512. The molecule has 1 aliphatic carbocycles. The lowest BCUT2D eigenvalue weighted by Crippen LogP contribution is -2.60. The molecule has 0 spiro atoms. The molecule has 32 heavy (non-hydrogen) atoms. The van der Waals surface area contributed by atoms with Gasteiger partial charge in [-0.25, -0.2) is 0 Å². The van der Waals surface area contributed by atoms with E-state index in [0.29, 0.717) is 35.5 Å². The zero-order valence-corrected chi connectivity index (χ0v) is 19.0. The molecule has 0 radical (unpaired) electrons. The van der Waals surface area contributed by atoms with E-state index >= 15 is 0 Å². The standard InChI is InChI=1S/C27H33N3O2/c1-18-12-13-29(22-10-11-22)27(32)25(18)26(31)28-15-19-14-21(17-28)24-9-5-8-23(30(24)16-19)20-6-3-2-4-7-20/h2-4,6-7,12-13,19,21-24H,5,8-11,14-17H2,1H3/t19-,21+,23+,24-/m0/s1. The van der Waals surface area contributed by atoms with Gasteiger partial charge in [-0.1, -0.05) is 30.3 Å². The van der Waals surface area contributed by atoms with E-state index in [2.05, 4.69) is 35.2 Å². The van der Waals surface area contributed by atoms with Crippen LogP contribution in [0.4, 0.5) is 0 Å². The smallest absolute Gasteiger partial charge is 0.263 e. The molecule has 4 aliphatic rings. The molecule has 0 unspecified atom stereocenters. The van der Waals surface area contributed by atoms with E-state index in [4.69, 9.17) is 0 Å². The lowest BCUT2D eigenvalue weighted by Gasteiger charge is -2.55. The number of amides is 1.